The summed E-state index contributed by atoms with van der Waals surface area (Å²) in [6.45, 7) is 6.72. The predicted molar refractivity (Wildman–Crippen MR) is 80.6 cm³/mol. The fourth-order valence-electron chi connectivity index (χ4n) is 3.29. The van der Waals surface area contributed by atoms with E-state index < -0.39 is 6.29 Å². The zero-order valence-electron chi connectivity index (χ0n) is 13.6. The highest BCUT2D eigenvalue weighted by molar-refractivity contribution is 5.90. The third-order valence-corrected chi connectivity index (χ3v) is 5.28. The van der Waals surface area contributed by atoms with Crippen molar-refractivity contribution in [3.8, 4) is 0 Å². The highest BCUT2D eigenvalue weighted by atomic mass is 16.7. The minimum Gasteiger partial charge on any atom is -0.429 e. The highest BCUT2D eigenvalue weighted by Crippen LogP contribution is 2.46. The molecule has 0 aromatic rings. The van der Waals surface area contributed by atoms with Gasteiger partial charge in [-0.25, -0.2) is 4.79 Å². The van der Waals surface area contributed by atoms with E-state index in [1.54, 1.807) is 20.3 Å². The summed E-state index contributed by atoms with van der Waals surface area (Å²) in [5.74, 6) is 0.272. The van der Waals surface area contributed by atoms with Crippen LogP contribution < -0.4 is 0 Å². The Bertz CT molecular complexity index is 465. The van der Waals surface area contributed by atoms with Crippen LogP contribution >= 0.6 is 0 Å². The molecule has 4 heteroatoms. The van der Waals surface area contributed by atoms with Crippen LogP contribution in [0.15, 0.2) is 23.3 Å². The van der Waals surface area contributed by atoms with E-state index in [9.17, 15) is 4.79 Å². The average Bonchev–Trinajstić information content (AvgIpc) is 2.82. The van der Waals surface area contributed by atoms with Crippen molar-refractivity contribution in [2.45, 2.75) is 52.4 Å². The van der Waals surface area contributed by atoms with Crippen LogP contribution in [-0.2, 0) is 19.0 Å². The van der Waals surface area contributed by atoms with Crippen LogP contribution in [0.2, 0.25) is 0 Å². The van der Waals surface area contributed by atoms with Crippen molar-refractivity contribution in [3.63, 3.8) is 0 Å². The maximum Gasteiger partial charge on any atom is 0.336 e. The first-order chi connectivity index (χ1) is 9.90. The molecule has 21 heavy (non-hydrogen) atoms. The van der Waals surface area contributed by atoms with E-state index >= 15 is 0 Å². The molecule has 1 heterocycles. The summed E-state index contributed by atoms with van der Waals surface area (Å²) >= 11 is 0. The van der Waals surface area contributed by atoms with Gasteiger partial charge in [-0.05, 0) is 43.6 Å². The van der Waals surface area contributed by atoms with E-state index in [1.165, 1.54) is 5.57 Å². The summed E-state index contributed by atoms with van der Waals surface area (Å²) in [5.41, 5.74) is 2.18. The first kappa shape index (κ1) is 16.2. The maximum absolute atomic E-state index is 11.8. The molecule has 4 atom stereocenters. The standard InChI is InChI=1S/C17H26O4/c1-11-8-14(19-4)9-12(2)17(11,3)7-6-13-10-15(20-5)21-16(13)18/h8,10,12,14-15H,6-7,9H2,1-5H3. The molecule has 4 unspecified atom stereocenters. The molecule has 0 N–H and O–H groups in total. The minimum absolute atomic E-state index is 0.0985. The van der Waals surface area contributed by atoms with Crippen LogP contribution in [0.4, 0.5) is 0 Å². The molecule has 0 amide bonds. The molecule has 0 bridgehead atoms. The van der Waals surface area contributed by atoms with E-state index in [0.29, 0.717) is 5.92 Å². The lowest BCUT2D eigenvalue weighted by Crippen LogP contribution is -2.35. The summed E-state index contributed by atoms with van der Waals surface area (Å²) in [6, 6.07) is 0. The Kier molecular flexibility index (Phi) is 4.89. The second kappa shape index (κ2) is 6.32. The molecule has 2 rings (SSSR count). The van der Waals surface area contributed by atoms with Gasteiger partial charge in [0.2, 0.25) is 6.29 Å². The molecule has 0 aromatic heterocycles. The van der Waals surface area contributed by atoms with E-state index in [0.717, 1.165) is 24.8 Å². The van der Waals surface area contributed by atoms with Gasteiger partial charge in [-0.2, -0.15) is 0 Å². The normalized spacial score (nSPS) is 36.2. The van der Waals surface area contributed by atoms with E-state index in [1.807, 2.05) is 0 Å². The molecule has 118 valence electrons. The van der Waals surface area contributed by atoms with Crippen molar-refractivity contribution in [2.24, 2.45) is 11.3 Å². The van der Waals surface area contributed by atoms with Crippen molar-refractivity contribution >= 4 is 5.97 Å². The Hall–Kier alpha value is -1.13. The van der Waals surface area contributed by atoms with Gasteiger partial charge in [0.15, 0.2) is 0 Å². The number of ether oxygens (including phenoxy) is 3. The number of hydrogen-bond donors (Lipinski definition) is 0. The number of rotatable bonds is 5. The number of hydrogen-bond acceptors (Lipinski definition) is 4. The first-order valence-electron chi connectivity index (χ1n) is 7.57. The molecule has 0 saturated carbocycles. The number of carbonyl (C=O) groups excluding carboxylic acids is 1. The van der Waals surface area contributed by atoms with Gasteiger partial charge in [-0.3, -0.25) is 0 Å². The Morgan fingerprint density at radius 3 is 2.57 bits per heavy atom. The molecule has 0 saturated heterocycles. The Balaban J connectivity index is 2.06. The predicted octanol–water partition coefficient (Wildman–Crippen LogP) is 3.23. The van der Waals surface area contributed by atoms with Crippen LogP contribution in [0.1, 0.15) is 40.0 Å². The van der Waals surface area contributed by atoms with Gasteiger partial charge < -0.3 is 14.2 Å². The van der Waals surface area contributed by atoms with Gasteiger partial charge in [-0.15, -0.1) is 0 Å². The van der Waals surface area contributed by atoms with Crippen molar-refractivity contribution in [3.05, 3.63) is 23.3 Å². The average molecular weight is 294 g/mol. The lowest BCUT2D eigenvalue weighted by Gasteiger charge is -2.42. The van der Waals surface area contributed by atoms with Crippen LogP contribution in [0, 0.1) is 11.3 Å². The van der Waals surface area contributed by atoms with Crippen molar-refractivity contribution in [1.82, 2.24) is 0 Å². The Morgan fingerprint density at radius 2 is 2.05 bits per heavy atom. The topological polar surface area (TPSA) is 44.8 Å². The number of carbonyl (C=O) groups is 1. The van der Waals surface area contributed by atoms with Crippen LogP contribution in [0.5, 0.6) is 0 Å². The van der Waals surface area contributed by atoms with Gasteiger partial charge >= 0.3 is 5.97 Å². The zero-order chi connectivity index (χ0) is 15.6. The molecule has 0 radical (unpaired) electrons. The van der Waals surface area contributed by atoms with Gasteiger partial charge in [0.1, 0.15) is 0 Å². The van der Waals surface area contributed by atoms with E-state index in [2.05, 4.69) is 26.8 Å². The summed E-state index contributed by atoms with van der Waals surface area (Å²) in [5, 5.41) is 0. The maximum atomic E-state index is 11.8. The smallest absolute Gasteiger partial charge is 0.336 e. The Morgan fingerprint density at radius 1 is 1.33 bits per heavy atom. The minimum atomic E-state index is -0.515. The van der Waals surface area contributed by atoms with Crippen LogP contribution in [-0.4, -0.2) is 32.6 Å². The molecule has 1 aliphatic carbocycles. The number of allylic oxidation sites excluding steroid dienone is 1. The van der Waals surface area contributed by atoms with Crippen LogP contribution in [0.25, 0.3) is 0 Å². The lowest BCUT2D eigenvalue weighted by molar-refractivity contribution is -0.155. The monoisotopic (exact) mass is 294 g/mol. The quantitative estimate of drug-likeness (QED) is 0.577. The van der Waals surface area contributed by atoms with Gasteiger partial charge in [0.05, 0.1) is 6.10 Å². The van der Waals surface area contributed by atoms with Gasteiger partial charge in [0.25, 0.3) is 0 Å². The fraction of sp³-hybridized carbons (Fsp3) is 0.706. The van der Waals surface area contributed by atoms with Gasteiger partial charge in [-0.1, -0.05) is 25.5 Å². The third kappa shape index (κ3) is 3.22. The molecular weight excluding hydrogens is 268 g/mol. The van der Waals surface area contributed by atoms with E-state index in [4.69, 9.17) is 14.2 Å². The molecule has 0 spiro atoms. The number of methoxy groups -OCH3 is 2. The summed E-state index contributed by atoms with van der Waals surface area (Å²) in [6.07, 6.45) is 6.39. The summed E-state index contributed by atoms with van der Waals surface area (Å²) in [4.78, 5) is 11.8. The molecule has 0 aromatic carbocycles. The third-order valence-electron chi connectivity index (χ3n) is 5.28. The first-order valence-corrected chi connectivity index (χ1v) is 7.57. The largest absolute Gasteiger partial charge is 0.429 e. The van der Waals surface area contributed by atoms with Crippen molar-refractivity contribution in [2.75, 3.05) is 14.2 Å². The zero-order valence-corrected chi connectivity index (χ0v) is 13.6. The fourth-order valence-corrected chi connectivity index (χ4v) is 3.29. The van der Waals surface area contributed by atoms with E-state index in [-0.39, 0.29) is 17.5 Å². The molecule has 4 nitrogen and oxygen atoms in total. The number of esters is 1. The lowest BCUT2D eigenvalue weighted by atomic mass is 9.64. The number of cyclic esters (lactones) is 1. The molecule has 2 aliphatic rings. The van der Waals surface area contributed by atoms with Crippen molar-refractivity contribution in [1.29, 1.82) is 0 Å². The van der Waals surface area contributed by atoms with Gasteiger partial charge in [0, 0.05) is 19.8 Å². The van der Waals surface area contributed by atoms with Crippen molar-refractivity contribution < 1.29 is 19.0 Å². The highest BCUT2D eigenvalue weighted by Gasteiger charge is 2.38. The molecular formula is C17H26O4. The SMILES string of the molecule is COC1C=C(C)C(C)(CCC2=CC(OC)OC2=O)C(C)C1. The summed E-state index contributed by atoms with van der Waals surface area (Å²) < 4.78 is 15.6. The second-order valence-corrected chi connectivity index (χ2v) is 6.38. The molecule has 0 fully saturated rings. The summed E-state index contributed by atoms with van der Waals surface area (Å²) in [7, 11) is 3.30. The molecule has 1 aliphatic heterocycles. The Labute approximate surface area is 127 Å². The second-order valence-electron chi connectivity index (χ2n) is 6.38. The van der Waals surface area contributed by atoms with Crippen LogP contribution in [0.3, 0.4) is 0 Å².